The van der Waals surface area contributed by atoms with Crippen LogP contribution in [0.1, 0.15) is 91.7 Å². The van der Waals surface area contributed by atoms with Crippen LogP contribution in [0.3, 0.4) is 0 Å². The summed E-state index contributed by atoms with van der Waals surface area (Å²) >= 11 is 0. The maximum Gasteiger partial charge on any atom is 0.0378 e. The van der Waals surface area contributed by atoms with Crippen LogP contribution in [-0.4, -0.2) is 0 Å². The molecule has 0 aromatic heterocycles. The average molecular weight is 462 g/mol. The molecule has 0 unspecified atom stereocenters. The molecule has 0 aliphatic heterocycles. The van der Waals surface area contributed by atoms with Crippen molar-refractivity contribution in [2.75, 3.05) is 0 Å². The molecule has 0 heterocycles. The maximum absolute atomic E-state index is 4.12. The summed E-state index contributed by atoms with van der Waals surface area (Å²) in [5, 5.41) is 3.39. The Labute approximate surface area is 212 Å². The summed E-state index contributed by atoms with van der Waals surface area (Å²) in [7, 11) is 0. The first-order chi connectivity index (χ1) is 16.3. The van der Waals surface area contributed by atoms with E-state index < -0.39 is 0 Å². The summed E-state index contributed by atoms with van der Waals surface area (Å²) in [6.45, 7) is 24.7. The molecule has 34 heavy (non-hydrogen) atoms. The molecule has 0 radical (unpaired) electrons. The lowest BCUT2D eigenvalue weighted by Gasteiger charge is -2.11. The third-order valence-corrected chi connectivity index (χ3v) is 4.76. The Hall–Kier alpha value is -2.80. The Balaban J connectivity index is 0. The molecule has 1 heteroatoms. The lowest BCUT2D eigenvalue weighted by molar-refractivity contribution is 0.886. The van der Waals surface area contributed by atoms with E-state index in [0.717, 1.165) is 29.8 Å². The van der Waals surface area contributed by atoms with E-state index in [1.807, 2.05) is 32.9 Å². The van der Waals surface area contributed by atoms with Gasteiger partial charge < -0.3 is 5.32 Å². The van der Waals surface area contributed by atoms with E-state index in [-0.39, 0.29) is 0 Å². The van der Waals surface area contributed by atoms with Crippen LogP contribution in [0, 0.1) is 6.92 Å². The highest BCUT2D eigenvalue weighted by atomic mass is 14.9. The molecule has 0 aliphatic carbocycles. The highest BCUT2D eigenvalue weighted by Crippen LogP contribution is 2.12. The Morgan fingerprint density at radius 2 is 1.50 bits per heavy atom. The molecule has 1 aromatic rings. The van der Waals surface area contributed by atoms with Gasteiger partial charge in [-0.15, -0.1) is 0 Å². The number of hydrogen-bond acceptors (Lipinski definition) is 1. The van der Waals surface area contributed by atoms with E-state index in [9.17, 15) is 0 Å². The zero-order chi connectivity index (χ0) is 26.2. The number of allylic oxidation sites excluding steroid dienone is 10. The van der Waals surface area contributed by atoms with E-state index >= 15 is 0 Å². The quantitative estimate of drug-likeness (QED) is 0.323. The molecule has 1 rings (SSSR count). The van der Waals surface area contributed by atoms with Crippen LogP contribution in [0.4, 0.5) is 0 Å². The number of aryl methyl sites for hydroxylation is 1. The summed E-state index contributed by atoms with van der Waals surface area (Å²) in [5.41, 5.74) is 7.01. The van der Waals surface area contributed by atoms with Crippen LogP contribution in [0.2, 0.25) is 0 Å². The fourth-order valence-corrected chi connectivity index (χ4v) is 2.52. The van der Waals surface area contributed by atoms with E-state index in [4.69, 9.17) is 0 Å². The summed E-state index contributed by atoms with van der Waals surface area (Å²) in [4.78, 5) is 0. The van der Waals surface area contributed by atoms with Gasteiger partial charge >= 0.3 is 0 Å². The van der Waals surface area contributed by atoms with Crippen LogP contribution < -0.4 is 5.32 Å². The van der Waals surface area contributed by atoms with Gasteiger partial charge in [-0.25, -0.2) is 0 Å². The van der Waals surface area contributed by atoms with Crippen LogP contribution >= 0.6 is 0 Å². The second-order valence-electron chi connectivity index (χ2n) is 8.25. The van der Waals surface area contributed by atoms with Crippen molar-refractivity contribution in [3.63, 3.8) is 0 Å². The van der Waals surface area contributed by atoms with Gasteiger partial charge in [-0.2, -0.15) is 0 Å². The lowest BCUT2D eigenvalue weighted by atomic mass is 10.1. The van der Waals surface area contributed by atoms with E-state index in [2.05, 4.69) is 114 Å². The number of unbranched alkanes of at least 4 members (excludes halogenated alkanes) is 2. The number of hydrogen-bond donors (Lipinski definition) is 1. The van der Waals surface area contributed by atoms with Crippen molar-refractivity contribution in [1.82, 2.24) is 5.32 Å². The summed E-state index contributed by atoms with van der Waals surface area (Å²) in [6.07, 6.45) is 22.5. The van der Waals surface area contributed by atoms with Crippen LogP contribution in [0.25, 0.3) is 5.57 Å². The Bertz CT molecular complexity index is 809. The summed E-state index contributed by atoms with van der Waals surface area (Å²) in [6, 6.07) is 8.39. The smallest absolute Gasteiger partial charge is 0.0378 e. The zero-order valence-electron chi connectivity index (χ0n) is 23.4. The van der Waals surface area contributed by atoms with Crippen LogP contribution in [0.5, 0.6) is 0 Å². The van der Waals surface area contributed by atoms with Gasteiger partial charge in [0.2, 0.25) is 0 Å². The third-order valence-electron chi connectivity index (χ3n) is 4.76. The molecule has 188 valence electrons. The molecule has 1 N–H and O–H groups in total. The molecule has 0 atom stereocenters. The average Bonchev–Trinajstić information content (AvgIpc) is 2.83. The molecular formula is C33H51N. The first-order valence-corrected chi connectivity index (χ1v) is 12.7. The Morgan fingerprint density at radius 3 is 1.94 bits per heavy atom. The minimum atomic E-state index is 0.843. The zero-order valence-corrected chi connectivity index (χ0v) is 23.4. The minimum absolute atomic E-state index is 0.843. The second kappa shape index (κ2) is 23.4. The third kappa shape index (κ3) is 19.9. The molecule has 1 aromatic carbocycles. The van der Waals surface area contributed by atoms with Gasteiger partial charge in [0.05, 0.1) is 0 Å². The van der Waals surface area contributed by atoms with Crippen molar-refractivity contribution < 1.29 is 0 Å². The summed E-state index contributed by atoms with van der Waals surface area (Å²) in [5.74, 6) is 0. The topological polar surface area (TPSA) is 12.0 Å². The number of benzene rings is 1. The molecule has 0 fully saturated rings. The normalized spacial score (nSPS) is 11.8. The van der Waals surface area contributed by atoms with Crippen molar-refractivity contribution in [3.8, 4) is 0 Å². The van der Waals surface area contributed by atoms with Crippen molar-refractivity contribution in [2.24, 2.45) is 0 Å². The number of rotatable bonds is 11. The van der Waals surface area contributed by atoms with Crippen molar-refractivity contribution >= 4 is 5.57 Å². The van der Waals surface area contributed by atoms with Gasteiger partial charge in [-0.3, -0.25) is 0 Å². The predicted molar refractivity (Wildman–Crippen MR) is 159 cm³/mol. The Kier molecular flexibility index (Phi) is 22.9. The van der Waals surface area contributed by atoms with E-state index in [1.165, 1.54) is 36.0 Å². The van der Waals surface area contributed by atoms with Gasteiger partial charge in [0.15, 0.2) is 0 Å². The molecule has 0 spiro atoms. The van der Waals surface area contributed by atoms with Gasteiger partial charge in [0.25, 0.3) is 0 Å². The Morgan fingerprint density at radius 1 is 0.882 bits per heavy atom. The first kappa shape index (κ1) is 33.4. The van der Waals surface area contributed by atoms with Crippen molar-refractivity contribution in [3.05, 3.63) is 114 Å². The monoisotopic (exact) mass is 461 g/mol. The maximum atomic E-state index is 4.12. The SMILES string of the molecule is C=C(C)c1ccc(C)cc1.C=C(CC(/C=C\C)=C/C)NC(/C=C\CCC)=C/C=C/C.CCCC. The lowest BCUT2D eigenvalue weighted by Crippen LogP contribution is -2.10. The van der Waals surface area contributed by atoms with Crippen molar-refractivity contribution in [2.45, 2.75) is 87.5 Å². The van der Waals surface area contributed by atoms with Crippen LogP contribution in [-0.2, 0) is 0 Å². The molecule has 0 saturated carbocycles. The fraction of sp³-hybridized carbons (Fsp3) is 0.394. The van der Waals surface area contributed by atoms with E-state index in [1.54, 1.807) is 0 Å². The fourth-order valence-electron chi connectivity index (χ4n) is 2.52. The molecule has 0 saturated heterocycles. The van der Waals surface area contributed by atoms with Crippen molar-refractivity contribution in [1.29, 1.82) is 0 Å². The second-order valence-corrected chi connectivity index (χ2v) is 8.25. The highest BCUT2D eigenvalue weighted by Gasteiger charge is 1.98. The molecule has 0 amide bonds. The molecular weight excluding hydrogens is 410 g/mol. The molecule has 1 nitrogen and oxygen atoms in total. The predicted octanol–water partition coefficient (Wildman–Crippen LogP) is 10.7. The van der Waals surface area contributed by atoms with Gasteiger partial charge in [0, 0.05) is 17.8 Å². The van der Waals surface area contributed by atoms with Gasteiger partial charge in [-0.05, 0) is 64.3 Å². The molecule has 0 aliphatic rings. The number of nitrogens with one attached hydrogen (secondary N) is 1. The molecule has 0 bridgehead atoms. The largest absolute Gasteiger partial charge is 0.359 e. The van der Waals surface area contributed by atoms with Gasteiger partial charge in [-0.1, -0.05) is 125 Å². The first-order valence-electron chi connectivity index (χ1n) is 12.7. The van der Waals surface area contributed by atoms with Crippen LogP contribution in [0.15, 0.2) is 103 Å². The summed E-state index contributed by atoms with van der Waals surface area (Å²) < 4.78 is 0. The minimum Gasteiger partial charge on any atom is -0.359 e. The van der Waals surface area contributed by atoms with E-state index in [0.29, 0.717) is 0 Å². The highest BCUT2D eigenvalue weighted by molar-refractivity contribution is 5.61. The standard InChI is InChI=1S/C19H29N.C10H12.C4H10/c1-6-10-12-15-19(14-11-7-2)20-17(5)16-18(9-4)13-8-3;1-8(2)10-6-4-9(3)5-7-10;1-3-4-2/h7-9,11-15,20H,5-6,10,16H2,1-4H3;4-7H,1H2,2-3H3;3-4H2,1-2H3/b11-7+,13-8-,15-12-,18-9+,19-14+;;. The van der Waals surface area contributed by atoms with Gasteiger partial charge in [0.1, 0.15) is 0 Å².